The summed E-state index contributed by atoms with van der Waals surface area (Å²) in [6.45, 7) is 4.89. The van der Waals surface area contributed by atoms with Crippen LogP contribution < -0.4 is 19.7 Å². The van der Waals surface area contributed by atoms with E-state index in [0.717, 1.165) is 16.9 Å². The molecule has 0 aliphatic carbocycles. The maximum atomic E-state index is 12.7. The van der Waals surface area contributed by atoms with E-state index in [0.29, 0.717) is 47.3 Å². The van der Waals surface area contributed by atoms with Gasteiger partial charge in [0.1, 0.15) is 11.5 Å². The van der Waals surface area contributed by atoms with E-state index >= 15 is 0 Å². The second kappa shape index (κ2) is 9.96. The molecule has 7 heteroatoms. The summed E-state index contributed by atoms with van der Waals surface area (Å²) in [5.41, 5.74) is 4.00. The van der Waals surface area contributed by atoms with Crippen molar-refractivity contribution < 1.29 is 19.1 Å². The van der Waals surface area contributed by atoms with Gasteiger partial charge in [0.2, 0.25) is 0 Å². The molecule has 0 fully saturated rings. The first-order valence-corrected chi connectivity index (χ1v) is 11.1. The van der Waals surface area contributed by atoms with E-state index in [-0.39, 0.29) is 18.4 Å². The maximum absolute atomic E-state index is 12.7. The highest BCUT2D eigenvalue weighted by atomic mass is 35.5. The van der Waals surface area contributed by atoms with Crippen molar-refractivity contribution in [2.45, 2.75) is 20.3 Å². The van der Waals surface area contributed by atoms with Gasteiger partial charge in [0.05, 0.1) is 12.3 Å². The number of rotatable bonds is 7. The number of nitrogens with zero attached hydrogens (tertiary/aromatic N) is 1. The standard InChI is InChI=1S/C26H25ClN2O4/c1-17-4-5-19(14-18(17)2)26(31)28-21-8-11-24-23(15-21)29(25(30)16-33-24)12-3-13-32-22-9-6-20(27)7-10-22/h4-11,14-15H,3,12-13,16H2,1-2H3,(H,28,31). The van der Waals surface area contributed by atoms with Crippen molar-refractivity contribution in [3.63, 3.8) is 0 Å². The number of aryl methyl sites for hydroxylation is 2. The molecule has 1 aliphatic heterocycles. The molecular formula is C26H25ClN2O4. The third-order valence-electron chi connectivity index (χ3n) is 5.54. The zero-order chi connectivity index (χ0) is 23.4. The Labute approximate surface area is 198 Å². The molecule has 0 bridgehead atoms. The molecule has 3 aromatic carbocycles. The van der Waals surface area contributed by atoms with Crippen molar-refractivity contribution in [2.24, 2.45) is 0 Å². The van der Waals surface area contributed by atoms with Gasteiger partial charge < -0.3 is 19.7 Å². The van der Waals surface area contributed by atoms with Crippen LogP contribution in [0.25, 0.3) is 0 Å². The Hall–Kier alpha value is -3.51. The topological polar surface area (TPSA) is 67.9 Å². The van der Waals surface area contributed by atoms with Crippen molar-refractivity contribution in [3.05, 3.63) is 82.4 Å². The van der Waals surface area contributed by atoms with Gasteiger partial charge in [-0.05, 0) is 86.0 Å². The van der Waals surface area contributed by atoms with E-state index in [4.69, 9.17) is 21.1 Å². The molecule has 1 aliphatic rings. The van der Waals surface area contributed by atoms with Gasteiger partial charge in [0, 0.05) is 22.8 Å². The fraction of sp³-hybridized carbons (Fsp3) is 0.231. The predicted octanol–water partition coefficient (Wildman–Crippen LogP) is 5.40. The third kappa shape index (κ3) is 5.46. The molecule has 0 saturated heterocycles. The number of anilines is 2. The summed E-state index contributed by atoms with van der Waals surface area (Å²) in [4.78, 5) is 26.9. The summed E-state index contributed by atoms with van der Waals surface area (Å²) in [5.74, 6) is 0.998. The molecule has 0 aromatic heterocycles. The predicted molar refractivity (Wildman–Crippen MR) is 130 cm³/mol. The molecule has 0 atom stereocenters. The van der Waals surface area contributed by atoms with Crippen molar-refractivity contribution in [2.75, 3.05) is 30.0 Å². The smallest absolute Gasteiger partial charge is 0.265 e. The largest absolute Gasteiger partial charge is 0.494 e. The maximum Gasteiger partial charge on any atom is 0.265 e. The zero-order valence-corrected chi connectivity index (χ0v) is 19.3. The molecule has 0 saturated carbocycles. The molecule has 4 rings (SSSR count). The second-order valence-electron chi connectivity index (χ2n) is 7.93. The normalized spacial score (nSPS) is 12.7. The van der Waals surface area contributed by atoms with Gasteiger partial charge in [0.25, 0.3) is 11.8 Å². The number of fused-ring (bicyclic) bond motifs is 1. The van der Waals surface area contributed by atoms with Crippen LogP contribution >= 0.6 is 11.6 Å². The van der Waals surface area contributed by atoms with E-state index in [1.165, 1.54) is 0 Å². The summed E-state index contributed by atoms with van der Waals surface area (Å²) in [5, 5.41) is 3.57. The highest BCUT2D eigenvalue weighted by Gasteiger charge is 2.25. The van der Waals surface area contributed by atoms with E-state index in [2.05, 4.69) is 5.32 Å². The van der Waals surface area contributed by atoms with Crippen LogP contribution in [-0.4, -0.2) is 31.6 Å². The Bertz CT molecular complexity index is 1180. The van der Waals surface area contributed by atoms with E-state index < -0.39 is 0 Å². The molecular weight excluding hydrogens is 440 g/mol. The van der Waals surface area contributed by atoms with Crippen LogP contribution in [0.5, 0.6) is 11.5 Å². The van der Waals surface area contributed by atoms with Gasteiger partial charge in [0.15, 0.2) is 6.61 Å². The Morgan fingerprint density at radius 3 is 2.61 bits per heavy atom. The lowest BCUT2D eigenvalue weighted by Crippen LogP contribution is -2.39. The number of nitrogens with one attached hydrogen (secondary N) is 1. The van der Waals surface area contributed by atoms with Crippen molar-refractivity contribution >= 4 is 34.8 Å². The molecule has 33 heavy (non-hydrogen) atoms. The molecule has 3 aromatic rings. The minimum Gasteiger partial charge on any atom is -0.494 e. The molecule has 0 radical (unpaired) electrons. The van der Waals surface area contributed by atoms with Crippen molar-refractivity contribution in [1.29, 1.82) is 0 Å². The molecule has 6 nitrogen and oxygen atoms in total. The first-order valence-electron chi connectivity index (χ1n) is 10.7. The van der Waals surface area contributed by atoms with Crippen LogP contribution in [-0.2, 0) is 4.79 Å². The number of hydrogen-bond donors (Lipinski definition) is 1. The number of amides is 2. The van der Waals surface area contributed by atoms with E-state index in [1.807, 2.05) is 38.1 Å². The Morgan fingerprint density at radius 2 is 1.85 bits per heavy atom. The number of halogens is 1. The molecule has 1 heterocycles. The van der Waals surface area contributed by atoms with Crippen LogP contribution in [0.2, 0.25) is 5.02 Å². The highest BCUT2D eigenvalue weighted by Crippen LogP contribution is 2.35. The average Bonchev–Trinajstić information content (AvgIpc) is 2.80. The van der Waals surface area contributed by atoms with Crippen LogP contribution in [0.1, 0.15) is 27.9 Å². The lowest BCUT2D eigenvalue weighted by Gasteiger charge is -2.30. The Balaban J connectivity index is 1.42. The summed E-state index contributed by atoms with van der Waals surface area (Å²) in [7, 11) is 0. The molecule has 2 amide bonds. The third-order valence-corrected chi connectivity index (χ3v) is 5.79. The second-order valence-corrected chi connectivity index (χ2v) is 8.36. The summed E-state index contributed by atoms with van der Waals surface area (Å²) in [6, 6.07) is 18.1. The highest BCUT2D eigenvalue weighted by molar-refractivity contribution is 6.30. The monoisotopic (exact) mass is 464 g/mol. The summed E-state index contributed by atoms with van der Waals surface area (Å²) < 4.78 is 11.3. The minimum absolute atomic E-state index is 0.0145. The summed E-state index contributed by atoms with van der Waals surface area (Å²) >= 11 is 5.89. The minimum atomic E-state index is -0.205. The lowest BCUT2D eigenvalue weighted by molar-refractivity contribution is -0.121. The van der Waals surface area contributed by atoms with Crippen molar-refractivity contribution in [1.82, 2.24) is 0 Å². The lowest BCUT2D eigenvalue weighted by atomic mass is 10.1. The molecule has 0 spiro atoms. The van der Waals surface area contributed by atoms with Gasteiger partial charge in [-0.2, -0.15) is 0 Å². The van der Waals surface area contributed by atoms with E-state index in [1.54, 1.807) is 41.3 Å². The van der Waals surface area contributed by atoms with Crippen molar-refractivity contribution in [3.8, 4) is 11.5 Å². The molecule has 1 N–H and O–H groups in total. The van der Waals surface area contributed by atoms with Gasteiger partial charge >= 0.3 is 0 Å². The van der Waals surface area contributed by atoms with Gasteiger partial charge in [-0.3, -0.25) is 9.59 Å². The Morgan fingerprint density at radius 1 is 1.06 bits per heavy atom. The van der Waals surface area contributed by atoms with Gasteiger partial charge in [-0.15, -0.1) is 0 Å². The van der Waals surface area contributed by atoms with Crippen LogP contribution in [0.15, 0.2) is 60.7 Å². The first-order chi connectivity index (χ1) is 15.9. The zero-order valence-electron chi connectivity index (χ0n) is 18.6. The average molecular weight is 465 g/mol. The van der Waals surface area contributed by atoms with Crippen LogP contribution in [0, 0.1) is 13.8 Å². The SMILES string of the molecule is Cc1ccc(C(=O)Nc2ccc3c(c2)N(CCCOc2ccc(Cl)cc2)C(=O)CO3)cc1C. The van der Waals surface area contributed by atoms with Crippen LogP contribution in [0.4, 0.5) is 11.4 Å². The fourth-order valence-electron chi connectivity index (χ4n) is 3.55. The van der Waals surface area contributed by atoms with E-state index in [9.17, 15) is 9.59 Å². The van der Waals surface area contributed by atoms with Gasteiger partial charge in [-0.1, -0.05) is 17.7 Å². The molecule has 170 valence electrons. The first kappa shape index (κ1) is 22.7. The number of carbonyl (C=O) groups excluding carboxylic acids is 2. The quantitative estimate of drug-likeness (QED) is 0.475. The fourth-order valence-corrected chi connectivity index (χ4v) is 3.68. The Kier molecular flexibility index (Phi) is 6.84. The summed E-state index contributed by atoms with van der Waals surface area (Å²) in [6.07, 6.45) is 0.632. The number of carbonyl (C=O) groups is 2. The molecule has 0 unspecified atom stereocenters. The van der Waals surface area contributed by atoms with Gasteiger partial charge in [-0.25, -0.2) is 0 Å². The number of hydrogen-bond acceptors (Lipinski definition) is 4. The number of benzene rings is 3. The van der Waals surface area contributed by atoms with Crippen LogP contribution in [0.3, 0.4) is 0 Å². The number of ether oxygens (including phenoxy) is 2.